The Hall–Kier alpha value is -2.89. The molecule has 9 nitrogen and oxygen atoms in total. The van der Waals surface area contributed by atoms with E-state index in [1.165, 1.54) is 12.3 Å². The summed E-state index contributed by atoms with van der Waals surface area (Å²) < 4.78 is 5.25. The lowest BCUT2D eigenvalue weighted by Gasteiger charge is -2.33. The lowest BCUT2D eigenvalue weighted by Crippen LogP contribution is -2.46. The van der Waals surface area contributed by atoms with E-state index in [0.29, 0.717) is 31.5 Å². The Labute approximate surface area is 152 Å². The van der Waals surface area contributed by atoms with Crippen LogP contribution in [0.4, 0.5) is 16.3 Å². The van der Waals surface area contributed by atoms with Crippen molar-refractivity contribution in [3.63, 3.8) is 0 Å². The van der Waals surface area contributed by atoms with Crippen molar-refractivity contribution in [1.29, 1.82) is 5.26 Å². The van der Waals surface area contributed by atoms with Crippen LogP contribution in [0.15, 0.2) is 12.3 Å². The van der Waals surface area contributed by atoms with Gasteiger partial charge in [-0.05, 0) is 39.7 Å². The summed E-state index contributed by atoms with van der Waals surface area (Å²) in [6.45, 7) is 6.44. The van der Waals surface area contributed by atoms with Crippen molar-refractivity contribution >= 4 is 17.6 Å². The average molecular weight is 361 g/mol. The lowest BCUT2D eigenvalue weighted by molar-refractivity contribution is -0.385. The number of hydrogen-bond acceptors (Lipinski definition) is 7. The van der Waals surface area contributed by atoms with Crippen LogP contribution in [-0.4, -0.2) is 40.7 Å². The Morgan fingerprint density at radius 3 is 2.69 bits per heavy atom. The smallest absolute Gasteiger partial charge is 0.407 e. The summed E-state index contributed by atoms with van der Waals surface area (Å²) in [6, 6.07) is 3.39. The van der Waals surface area contributed by atoms with E-state index >= 15 is 0 Å². The van der Waals surface area contributed by atoms with Crippen LogP contribution in [0.3, 0.4) is 0 Å². The molecule has 1 aromatic rings. The SMILES string of the molecule is CC(C)(C)OC(=O)NC1CCN(c2nccc(CC#N)c2[N+](=O)[O-])CC1. The Morgan fingerprint density at radius 1 is 1.50 bits per heavy atom. The maximum atomic E-state index is 11.9. The van der Waals surface area contributed by atoms with Gasteiger partial charge in [0.25, 0.3) is 0 Å². The molecule has 0 bridgehead atoms. The third-order valence-corrected chi connectivity index (χ3v) is 3.96. The molecule has 0 aromatic carbocycles. The second-order valence-electron chi connectivity index (χ2n) is 7.14. The van der Waals surface area contributed by atoms with E-state index in [2.05, 4.69) is 10.3 Å². The zero-order valence-electron chi connectivity index (χ0n) is 15.2. The molecule has 0 aliphatic carbocycles. The first-order chi connectivity index (χ1) is 12.2. The number of ether oxygens (including phenoxy) is 1. The van der Waals surface area contributed by atoms with Crippen molar-refractivity contribution in [2.24, 2.45) is 0 Å². The number of nitriles is 1. The molecule has 1 aliphatic heterocycles. The van der Waals surface area contributed by atoms with Crippen molar-refractivity contribution in [3.8, 4) is 6.07 Å². The van der Waals surface area contributed by atoms with E-state index in [1.807, 2.05) is 11.0 Å². The molecule has 0 atom stereocenters. The van der Waals surface area contributed by atoms with E-state index in [-0.39, 0.29) is 24.0 Å². The highest BCUT2D eigenvalue weighted by Crippen LogP contribution is 2.31. The molecule has 1 aromatic heterocycles. The van der Waals surface area contributed by atoms with E-state index in [4.69, 9.17) is 10.00 Å². The van der Waals surface area contributed by atoms with Gasteiger partial charge >= 0.3 is 11.8 Å². The van der Waals surface area contributed by atoms with Crippen molar-refractivity contribution < 1.29 is 14.5 Å². The largest absolute Gasteiger partial charge is 0.444 e. The third-order valence-electron chi connectivity index (χ3n) is 3.96. The summed E-state index contributed by atoms with van der Waals surface area (Å²) in [5, 5.41) is 23.2. The zero-order chi connectivity index (χ0) is 19.3. The van der Waals surface area contributed by atoms with Gasteiger partial charge in [0, 0.05) is 30.9 Å². The molecule has 0 spiro atoms. The van der Waals surface area contributed by atoms with Gasteiger partial charge in [-0.25, -0.2) is 9.78 Å². The molecule has 1 fully saturated rings. The molecular formula is C17H23N5O4. The van der Waals surface area contributed by atoms with Crippen molar-refractivity contribution in [2.45, 2.75) is 51.7 Å². The maximum absolute atomic E-state index is 11.9. The standard InChI is InChI=1S/C17H23N5O4/c1-17(2,3)26-16(23)20-13-6-10-21(11-7-13)15-14(22(24)25)12(4-8-18)5-9-19-15/h5,9,13H,4,6-7,10-11H2,1-3H3,(H,20,23). The van der Waals surface area contributed by atoms with Gasteiger partial charge in [0.15, 0.2) is 0 Å². The highest BCUT2D eigenvalue weighted by Gasteiger charge is 2.29. The highest BCUT2D eigenvalue weighted by molar-refractivity contribution is 5.68. The predicted octanol–water partition coefficient (Wildman–Crippen LogP) is 2.55. The van der Waals surface area contributed by atoms with Gasteiger partial charge in [-0.1, -0.05) is 0 Å². The van der Waals surface area contributed by atoms with E-state index in [0.717, 1.165) is 0 Å². The van der Waals surface area contributed by atoms with Gasteiger partial charge in [-0.15, -0.1) is 0 Å². The van der Waals surface area contributed by atoms with Crippen molar-refractivity contribution in [3.05, 3.63) is 27.9 Å². The minimum atomic E-state index is -0.559. The minimum Gasteiger partial charge on any atom is -0.444 e. The van der Waals surface area contributed by atoms with Crippen LogP contribution in [0.25, 0.3) is 0 Å². The average Bonchev–Trinajstić information content (AvgIpc) is 2.53. The van der Waals surface area contributed by atoms with Crippen LogP contribution in [0, 0.1) is 21.4 Å². The van der Waals surface area contributed by atoms with Crippen molar-refractivity contribution in [2.75, 3.05) is 18.0 Å². The van der Waals surface area contributed by atoms with Crippen LogP contribution in [0.1, 0.15) is 39.2 Å². The van der Waals surface area contributed by atoms with Crippen LogP contribution >= 0.6 is 0 Å². The summed E-state index contributed by atoms with van der Waals surface area (Å²) in [7, 11) is 0. The molecule has 1 aliphatic rings. The number of rotatable bonds is 4. The molecule has 0 radical (unpaired) electrons. The first-order valence-electron chi connectivity index (χ1n) is 8.45. The van der Waals surface area contributed by atoms with E-state index in [9.17, 15) is 14.9 Å². The number of pyridine rings is 1. The summed E-state index contributed by atoms with van der Waals surface area (Å²) in [5.74, 6) is 0.276. The topological polar surface area (TPSA) is 121 Å². The first kappa shape index (κ1) is 19.4. The number of anilines is 1. The summed E-state index contributed by atoms with van der Waals surface area (Å²) in [4.78, 5) is 28.8. The van der Waals surface area contributed by atoms with Gasteiger partial charge in [0.05, 0.1) is 17.4 Å². The minimum absolute atomic E-state index is 0.0392. The number of carbonyl (C=O) groups excluding carboxylic acids is 1. The number of amides is 1. The number of nitrogens with one attached hydrogen (secondary N) is 1. The molecule has 0 saturated carbocycles. The fourth-order valence-corrected chi connectivity index (χ4v) is 2.85. The van der Waals surface area contributed by atoms with Gasteiger partial charge in [-0.2, -0.15) is 5.26 Å². The Balaban J connectivity index is 2.04. The summed E-state index contributed by atoms with van der Waals surface area (Å²) in [5.41, 5.74) is -0.319. The number of carbonyl (C=O) groups is 1. The van der Waals surface area contributed by atoms with E-state index < -0.39 is 16.6 Å². The molecule has 2 heterocycles. The molecule has 9 heteroatoms. The van der Waals surface area contributed by atoms with Gasteiger partial charge in [0.1, 0.15) is 5.60 Å². The fraction of sp³-hybridized carbons (Fsp3) is 0.588. The Kier molecular flexibility index (Phi) is 5.97. The number of alkyl carbamates (subject to hydrolysis) is 1. The number of nitro groups is 1. The lowest BCUT2D eigenvalue weighted by atomic mass is 10.0. The molecule has 26 heavy (non-hydrogen) atoms. The van der Waals surface area contributed by atoms with Crippen molar-refractivity contribution in [1.82, 2.24) is 10.3 Å². The number of piperidine rings is 1. The summed E-state index contributed by atoms with van der Waals surface area (Å²) >= 11 is 0. The molecule has 1 amide bonds. The zero-order valence-corrected chi connectivity index (χ0v) is 15.2. The Morgan fingerprint density at radius 2 is 2.15 bits per heavy atom. The van der Waals surface area contributed by atoms with Crippen LogP contribution in [-0.2, 0) is 11.2 Å². The number of aromatic nitrogens is 1. The molecule has 2 rings (SSSR count). The van der Waals surface area contributed by atoms with E-state index in [1.54, 1.807) is 20.8 Å². The van der Waals surface area contributed by atoms with Gasteiger partial charge < -0.3 is 15.0 Å². The number of hydrogen-bond donors (Lipinski definition) is 1. The quantitative estimate of drug-likeness (QED) is 0.646. The monoisotopic (exact) mass is 361 g/mol. The first-order valence-corrected chi connectivity index (χ1v) is 8.45. The van der Waals surface area contributed by atoms with Crippen LogP contribution in [0.5, 0.6) is 0 Å². The van der Waals surface area contributed by atoms with Gasteiger partial charge in [0.2, 0.25) is 5.82 Å². The highest BCUT2D eigenvalue weighted by atomic mass is 16.6. The molecule has 140 valence electrons. The molecule has 1 N–H and O–H groups in total. The molecule has 1 saturated heterocycles. The Bertz CT molecular complexity index is 715. The van der Waals surface area contributed by atoms with Crippen LogP contribution in [0.2, 0.25) is 0 Å². The molecule has 0 unspecified atom stereocenters. The summed E-state index contributed by atoms with van der Waals surface area (Å²) in [6.07, 6.45) is 2.24. The molecular weight excluding hydrogens is 338 g/mol. The fourth-order valence-electron chi connectivity index (χ4n) is 2.85. The van der Waals surface area contributed by atoms with Crippen LogP contribution < -0.4 is 10.2 Å². The number of nitrogens with zero attached hydrogens (tertiary/aromatic N) is 4. The maximum Gasteiger partial charge on any atom is 0.407 e. The second kappa shape index (κ2) is 7.99. The normalized spacial score (nSPS) is 15.2. The predicted molar refractivity (Wildman–Crippen MR) is 94.8 cm³/mol. The second-order valence-corrected chi connectivity index (χ2v) is 7.14. The third kappa shape index (κ3) is 5.05. The van der Waals surface area contributed by atoms with Gasteiger partial charge in [-0.3, -0.25) is 10.1 Å².